The quantitative estimate of drug-likeness (QED) is 0.409. The molecule has 106 valence electrons. The van der Waals surface area contributed by atoms with Crippen molar-refractivity contribution in [2.24, 2.45) is 5.92 Å². The Morgan fingerprint density at radius 2 is 1.61 bits per heavy atom. The Labute approximate surface area is 114 Å². The molecule has 0 radical (unpaired) electrons. The number of rotatable bonds is 10. The van der Waals surface area contributed by atoms with Crippen LogP contribution < -0.4 is 15.4 Å². The molecule has 0 aliphatic rings. The summed E-state index contributed by atoms with van der Waals surface area (Å²) in [7, 11) is 0. The van der Waals surface area contributed by atoms with Crippen LogP contribution in [0.5, 0.6) is 0 Å². The zero-order valence-corrected chi connectivity index (χ0v) is 12.4. The molecule has 5 nitrogen and oxygen atoms in total. The highest BCUT2D eigenvalue weighted by Crippen LogP contribution is 1.98. The summed E-state index contributed by atoms with van der Waals surface area (Å²) < 4.78 is 2.88. The van der Waals surface area contributed by atoms with Crippen LogP contribution in [0.4, 0.5) is 0 Å². The van der Waals surface area contributed by atoms with E-state index in [2.05, 4.69) is 15.4 Å². The van der Waals surface area contributed by atoms with Gasteiger partial charge in [0.05, 0.1) is 6.54 Å². The molecule has 0 saturated carbocycles. The van der Waals surface area contributed by atoms with E-state index in [-0.39, 0.29) is 11.8 Å². The van der Waals surface area contributed by atoms with Gasteiger partial charge in [-0.3, -0.25) is 14.3 Å². The summed E-state index contributed by atoms with van der Waals surface area (Å²) in [6.45, 7) is 5.74. The maximum atomic E-state index is 11.3. The second kappa shape index (κ2) is 11.3. The Kier molecular flexibility index (Phi) is 10.9. The van der Waals surface area contributed by atoms with Crippen LogP contribution in [0.25, 0.3) is 0 Å². The standard InChI is InChI=1S/C12H25N3O2S/c1-10(2)8-11(16)13-6-4-5-7-14-12(17)9-15-18-3/h10,15H,4-9H2,1-3H3,(H,13,16)(H,14,17). The smallest absolute Gasteiger partial charge is 0.234 e. The van der Waals surface area contributed by atoms with Crippen LogP contribution in [0.2, 0.25) is 0 Å². The lowest BCUT2D eigenvalue weighted by molar-refractivity contribution is -0.122. The van der Waals surface area contributed by atoms with Gasteiger partial charge in [0.2, 0.25) is 11.8 Å². The average Bonchev–Trinajstić information content (AvgIpc) is 2.30. The van der Waals surface area contributed by atoms with Crippen LogP contribution in [0.3, 0.4) is 0 Å². The number of carbonyl (C=O) groups excluding carboxylic acids is 2. The predicted molar refractivity (Wildman–Crippen MR) is 76.2 cm³/mol. The van der Waals surface area contributed by atoms with Crippen molar-refractivity contribution < 1.29 is 9.59 Å². The summed E-state index contributed by atoms with van der Waals surface area (Å²) in [5.74, 6) is 0.514. The maximum Gasteiger partial charge on any atom is 0.234 e. The number of unbranched alkanes of at least 4 members (excludes halogenated alkanes) is 1. The first kappa shape index (κ1) is 17.2. The highest BCUT2D eigenvalue weighted by atomic mass is 32.2. The summed E-state index contributed by atoms with van der Waals surface area (Å²) in [6.07, 6.45) is 4.23. The number of nitrogens with one attached hydrogen (secondary N) is 3. The molecule has 0 aromatic heterocycles. The number of amides is 2. The Bertz CT molecular complexity index is 247. The minimum absolute atomic E-state index is 0.00759. The molecule has 0 bridgehead atoms. The molecule has 0 heterocycles. The zero-order chi connectivity index (χ0) is 13.8. The monoisotopic (exact) mass is 275 g/mol. The Balaban J connectivity index is 3.30. The minimum atomic E-state index is 0.00759. The average molecular weight is 275 g/mol. The van der Waals surface area contributed by atoms with E-state index in [0.29, 0.717) is 32.0 Å². The predicted octanol–water partition coefficient (Wildman–Crippen LogP) is 0.913. The highest BCUT2D eigenvalue weighted by molar-refractivity contribution is 7.96. The van der Waals surface area contributed by atoms with Gasteiger partial charge in [-0.1, -0.05) is 25.8 Å². The Morgan fingerprint density at radius 3 is 2.11 bits per heavy atom. The van der Waals surface area contributed by atoms with Crippen molar-refractivity contribution >= 4 is 23.8 Å². The normalized spacial score (nSPS) is 10.4. The molecule has 0 aromatic carbocycles. The van der Waals surface area contributed by atoms with Gasteiger partial charge in [0.15, 0.2) is 0 Å². The van der Waals surface area contributed by atoms with E-state index < -0.39 is 0 Å². The largest absolute Gasteiger partial charge is 0.356 e. The van der Waals surface area contributed by atoms with Crippen LogP contribution in [-0.2, 0) is 9.59 Å². The molecule has 0 saturated heterocycles. The first-order valence-corrected chi connectivity index (χ1v) is 7.58. The second-order valence-electron chi connectivity index (χ2n) is 4.53. The van der Waals surface area contributed by atoms with Gasteiger partial charge < -0.3 is 10.6 Å². The molecule has 0 aliphatic heterocycles. The third-order valence-corrected chi connectivity index (χ3v) is 2.65. The third-order valence-electron chi connectivity index (χ3n) is 2.22. The fraction of sp³-hybridized carbons (Fsp3) is 0.833. The molecule has 6 heteroatoms. The van der Waals surface area contributed by atoms with Crippen molar-refractivity contribution in [1.29, 1.82) is 0 Å². The van der Waals surface area contributed by atoms with E-state index in [1.807, 2.05) is 20.1 Å². The number of hydrogen-bond acceptors (Lipinski definition) is 4. The third kappa shape index (κ3) is 11.7. The lowest BCUT2D eigenvalue weighted by Crippen LogP contribution is -2.32. The van der Waals surface area contributed by atoms with Gasteiger partial charge in [0.1, 0.15) is 0 Å². The van der Waals surface area contributed by atoms with Crippen molar-refractivity contribution in [2.75, 3.05) is 25.9 Å². The van der Waals surface area contributed by atoms with Crippen molar-refractivity contribution in [3.63, 3.8) is 0 Å². The second-order valence-corrected chi connectivity index (χ2v) is 5.23. The lowest BCUT2D eigenvalue weighted by Gasteiger charge is -2.07. The van der Waals surface area contributed by atoms with E-state index in [0.717, 1.165) is 12.8 Å². The van der Waals surface area contributed by atoms with E-state index in [4.69, 9.17) is 0 Å². The van der Waals surface area contributed by atoms with Gasteiger partial charge in [-0.15, -0.1) is 0 Å². The molecule has 0 aliphatic carbocycles. The van der Waals surface area contributed by atoms with Crippen LogP contribution in [0.1, 0.15) is 33.1 Å². The number of hydrogen-bond donors (Lipinski definition) is 3. The van der Waals surface area contributed by atoms with E-state index in [1.54, 1.807) is 0 Å². The first-order chi connectivity index (χ1) is 8.56. The molecule has 3 N–H and O–H groups in total. The lowest BCUT2D eigenvalue weighted by atomic mass is 10.1. The molecule has 0 spiro atoms. The van der Waals surface area contributed by atoms with E-state index in [9.17, 15) is 9.59 Å². The summed E-state index contributed by atoms with van der Waals surface area (Å²) in [4.78, 5) is 22.5. The molecule has 2 amide bonds. The zero-order valence-electron chi connectivity index (χ0n) is 11.5. The van der Waals surface area contributed by atoms with Gasteiger partial charge in [-0.05, 0) is 25.0 Å². The summed E-state index contributed by atoms with van der Waals surface area (Å²) in [6, 6.07) is 0. The Morgan fingerprint density at radius 1 is 1.06 bits per heavy atom. The molecule has 18 heavy (non-hydrogen) atoms. The molecule has 0 fully saturated rings. The molecular formula is C12H25N3O2S. The first-order valence-electron chi connectivity index (χ1n) is 6.35. The van der Waals surface area contributed by atoms with Crippen LogP contribution in [-0.4, -0.2) is 37.7 Å². The van der Waals surface area contributed by atoms with Crippen molar-refractivity contribution in [3.8, 4) is 0 Å². The SMILES string of the molecule is CSNCC(=O)NCCCCNC(=O)CC(C)C. The fourth-order valence-corrected chi connectivity index (χ4v) is 1.62. The Hall–Kier alpha value is -0.750. The fourth-order valence-electron chi connectivity index (χ4n) is 1.35. The van der Waals surface area contributed by atoms with Crippen LogP contribution in [0.15, 0.2) is 0 Å². The van der Waals surface area contributed by atoms with Gasteiger partial charge in [-0.2, -0.15) is 0 Å². The molecule has 0 unspecified atom stereocenters. The minimum Gasteiger partial charge on any atom is -0.356 e. The van der Waals surface area contributed by atoms with E-state index >= 15 is 0 Å². The van der Waals surface area contributed by atoms with Gasteiger partial charge in [-0.25, -0.2) is 0 Å². The summed E-state index contributed by atoms with van der Waals surface area (Å²) in [5, 5.41) is 5.68. The summed E-state index contributed by atoms with van der Waals surface area (Å²) in [5.41, 5.74) is 0. The van der Waals surface area contributed by atoms with Gasteiger partial charge in [0.25, 0.3) is 0 Å². The van der Waals surface area contributed by atoms with E-state index in [1.165, 1.54) is 11.9 Å². The van der Waals surface area contributed by atoms with Gasteiger partial charge in [0, 0.05) is 19.5 Å². The molecule has 0 atom stereocenters. The van der Waals surface area contributed by atoms with Crippen molar-refractivity contribution in [3.05, 3.63) is 0 Å². The van der Waals surface area contributed by atoms with Crippen LogP contribution >= 0.6 is 11.9 Å². The van der Waals surface area contributed by atoms with Gasteiger partial charge >= 0.3 is 0 Å². The maximum absolute atomic E-state index is 11.3. The molecule has 0 aromatic rings. The topological polar surface area (TPSA) is 70.2 Å². The highest BCUT2D eigenvalue weighted by Gasteiger charge is 2.03. The summed E-state index contributed by atoms with van der Waals surface area (Å²) >= 11 is 1.43. The van der Waals surface area contributed by atoms with Crippen LogP contribution in [0, 0.1) is 5.92 Å². The van der Waals surface area contributed by atoms with Crippen molar-refractivity contribution in [2.45, 2.75) is 33.1 Å². The molecular weight excluding hydrogens is 250 g/mol. The molecule has 0 rings (SSSR count). The number of carbonyl (C=O) groups is 2. The van der Waals surface area contributed by atoms with Crippen molar-refractivity contribution in [1.82, 2.24) is 15.4 Å².